The molecular formula is C11H13N3O6. The summed E-state index contributed by atoms with van der Waals surface area (Å²) in [7, 11) is 0. The number of rotatable bonds is 2. The summed E-state index contributed by atoms with van der Waals surface area (Å²) >= 11 is 0. The molecule has 0 aromatic carbocycles. The number of nitrogens with zero attached hydrogens (tertiary/aromatic N) is 1. The third-order valence-corrected chi connectivity index (χ3v) is 3.19. The van der Waals surface area contributed by atoms with E-state index >= 15 is 0 Å². The lowest BCUT2D eigenvalue weighted by atomic mass is 10.1. The lowest BCUT2D eigenvalue weighted by molar-refractivity contribution is -0.125. The van der Waals surface area contributed by atoms with Gasteiger partial charge in [0.1, 0.15) is 18.3 Å². The molecule has 2 saturated heterocycles. The van der Waals surface area contributed by atoms with Gasteiger partial charge in [-0.3, -0.25) is 20.4 Å². The molecule has 0 radical (unpaired) electrons. The SMILES string of the molecule is C#CC1C(=O)C(=N)NC(=O)N1C1O[C@H](CO)[C@@H](O)[C@H]1O. The minimum atomic E-state index is -1.53. The molecule has 2 rings (SSSR count). The minimum Gasteiger partial charge on any atom is -0.394 e. The van der Waals surface area contributed by atoms with E-state index in [-0.39, 0.29) is 0 Å². The fraction of sp³-hybridized carbons (Fsp3) is 0.545. The maximum Gasteiger partial charge on any atom is 0.326 e. The lowest BCUT2D eigenvalue weighted by Crippen LogP contribution is -2.65. The first-order valence-corrected chi connectivity index (χ1v) is 5.73. The summed E-state index contributed by atoms with van der Waals surface area (Å²) in [5.74, 6) is 0.568. The Bertz CT molecular complexity index is 501. The zero-order chi connectivity index (χ0) is 15.0. The van der Waals surface area contributed by atoms with Crippen LogP contribution in [0.4, 0.5) is 4.79 Å². The minimum absolute atomic E-state index is 0.575. The van der Waals surface area contributed by atoms with Crippen molar-refractivity contribution in [1.82, 2.24) is 10.2 Å². The number of terminal acetylenes is 1. The highest BCUT2D eigenvalue weighted by atomic mass is 16.6. The highest BCUT2D eigenvalue weighted by Crippen LogP contribution is 2.26. The summed E-state index contributed by atoms with van der Waals surface area (Å²) in [5, 5.41) is 37.8. The number of urea groups is 1. The summed E-state index contributed by atoms with van der Waals surface area (Å²) in [4.78, 5) is 24.3. The standard InChI is InChI=1S/C11H13N3O6/c1-2-4-6(16)9(12)13-11(19)14(4)10-8(18)7(17)5(3-15)20-10/h1,4-5,7-8,10,15,17-18H,3H2,(H2,12,13,19)/t4?,5-,7-,8-,10?/m1/s1. The van der Waals surface area contributed by atoms with Crippen LogP contribution in [0.2, 0.25) is 0 Å². The van der Waals surface area contributed by atoms with Crippen LogP contribution in [0.1, 0.15) is 0 Å². The number of ether oxygens (including phenoxy) is 1. The number of amides is 2. The molecule has 2 heterocycles. The van der Waals surface area contributed by atoms with E-state index in [0.29, 0.717) is 0 Å². The maximum absolute atomic E-state index is 11.8. The Morgan fingerprint density at radius 2 is 2.05 bits per heavy atom. The van der Waals surface area contributed by atoms with Crippen molar-refractivity contribution in [3.05, 3.63) is 0 Å². The third kappa shape index (κ3) is 2.04. The molecule has 20 heavy (non-hydrogen) atoms. The molecule has 0 spiro atoms. The molecule has 0 aromatic heterocycles. The maximum atomic E-state index is 11.8. The predicted molar refractivity (Wildman–Crippen MR) is 63.5 cm³/mol. The first kappa shape index (κ1) is 14.4. The van der Waals surface area contributed by atoms with Crippen molar-refractivity contribution in [3.63, 3.8) is 0 Å². The van der Waals surface area contributed by atoms with Gasteiger partial charge in [-0.2, -0.15) is 0 Å². The van der Waals surface area contributed by atoms with Crippen molar-refractivity contribution >= 4 is 17.6 Å². The second-order valence-electron chi connectivity index (χ2n) is 4.37. The van der Waals surface area contributed by atoms with E-state index in [1.807, 2.05) is 11.2 Å². The van der Waals surface area contributed by atoms with Gasteiger partial charge in [0, 0.05) is 0 Å². The third-order valence-electron chi connectivity index (χ3n) is 3.19. The van der Waals surface area contributed by atoms with E-state index in [1.54, 1.807) is 0 Å². The lowest BCUT2D eigenvalue weighted by Gasteiger charge is -2.36. The van der Waals surface area contributed by atoms with Crippen LogP contribution in [-0.4, -0.2) is 75.1 Å². The Balaban J connectivity index is 2.31. The van der Waals surface area contributed by atoms with Crippen molar-refractivity contribution in [2.24, 2.45) is 0 Å². The van der Waals surface area contributed by atoms with Crippen LogP contribution in [0.5, 0.6) is 0 Å². The first-order valence-electron chi connectivity index (χ1n) is 5.73. The second kappa shape index (κ2) is 5.18. The van der Waals surface area contributed by atoms with Gasteiger partial charge < -0.3 is 20.1 Å². The van der Waals surface area contributed by atoms with Crippen LogP contribution in [0, 0.1) is 17.8 Å². The van der Waals surface area contributed by atoms with Gasteiger partial charge in [-0.05, 0) is 0 Å². The molecule has 2 unspecified atom stereocenters. The first-order chi connectivity index (χ1) is 9.42. The number of carbonyl (C=O) groups is 2. The summed E-state index contributed by atoms with van der Waals surface area (Å²) < 4.78 is 5.16. The van der Waals surface area contributed by atoms with Crippen molar-refractivity contribution < 1.29 is 29.6 Å². The van der Waals surface area contributed by atoms with Gasteiger partial charge in [0.05, 0.1) is 6.61 Å². The Kier molecular flexibility index (Phi) is 3.74. The molecule has 9 heteroatoms. The molecule has 2 aliphatic heterocycles. The second-order valence-corrected chi connectivity index (χ2v) is 4.37. The monoisotopic (exact) mass is 283 g/mol. The van der Waals surface area contributed by atoms with Crippen LogP contribution in [0.15, 0.2) is 0 Å². The number of aliphatic hydroxyl groups is 3. The fourth-order valence-corrected chi connectivity index (χ4v) is 2.14. The van der Waals surface area contributed by atoms with Crippen molar-refractivity contribution in [2.75, 3.05) is 6.61 Å². The Morgan fingerprint density at radius 1 is 1.40 bits per heavy atom. The molecule has 9 nitrogen and oxygen atoms in total. The van der Waals surface area contributed by atoms with E-state index < -0.39 is 54.8 Å². The molecule has 0 aliphatic carbocycles. The average Bonchev–Trinajstić information content (AvgIpc) is 2.70. The number of ketones is 1. The molecule has 0 aromatic rings. The van der Waals surface area contributed by atoms with E-state index in [1.165, 1.54) is 0 Å². The summed E-state index contributed by atoms with van der Waals surface area (Å²) in [6.45, 7) is -0.575. The van der Waals surface area contributed by atoms with Gasteiger partial charge in [0.25, 0.3) is 0 Å². The fourth-order valence-electron chi connectivity index (χ4n) is 2.14. The van der Waals surface area contributed by atoms with E-state index in [4.69, 9.17) is 21.7 Å². The molecule has 2 fully saturated rings. The smallest absolute Gasteiger partial charge is 0.326 e. The topological polar surface area (TPSA) is 143 Å². The highest BCUT2D eigenvalue weighted by Gasteiger charge is 2.51. The summed E-state index contributed by atoms with van der Waals surface area (Å²) in [6.07, 6.45) is -0.260. The Morgan fingerprint density at radius 3 is 2.55 bits per heavy atom. The van der Waals surface area contributed by atoms with Crippen LogP contribution in [0.25, 0.3) is 0 Å². The molecule has 2 aliphatic rings. The summed E-state index contributed by atoms with van der Waals surface area (Å²) in [6, 6.07) is -2.31. The van der Waals surface area contributed by atoms with E-state index in [2.05, 4.69) is 0 Å². The number of nitrogens with one attached hydrogen (secondary N) is 2. The van der Waals surface area contributed by atoms with Crippen molar-refractivity contribution in [1.29, 1.82) is 5.41 Å². The zero-order valence-corrected chi connectivity index (χ0v) is 10.2. The van der Waals surface area contributed by atoms with Gasteiger partial charge in [0.15, 0.2) is 18.1 Å². The molecule has 5 N–H and O–H groups in total. The highest BCUT2D eigenvalue weighted by molar-refractivity contribution is 6.44. The van der Waals surface area contributed by atoms with Crippen molar-refractivity contribution in [2.45, 2.75) is 30.6 Å². The van der Waals surface area contributed by atoms with Crippen LogP contribution in [0.3, 0.4) is 0 Å². The van der Waals surface area contributed by atoms with Gasteiger partial charge >= 0.3 is 6.03 Å². The number of hydrogen-bond donors (Lipinski definition) is 5. The summed E-state index contributed by atoms with van der Waals surface area (Å²) in [5.41, 5.74) is 0. The molecule has 0 bridgehead atoms. The van der Waals surface area contributed by atoms with Crippen LogP contribution < -0.4 is 5.32 Å². The van der Waals surface area contributed by atoms with E-state index in [0.717, 1.165) is 4.90 Å². The van der Waals surface area contributed by atoms with Crippen LogP contribution in [-0.2, 0) is 9.53 Å². The van der Waals surface area contributed by atoms with Gasteiger partial charge in [0.2, 0.25) is 5.78 Å². The normalized spacial score (nSPS) is 37.8. The van der Waals surface area contributed by atoms with E-state index in [9.17, 15) is 19.8 Å². The predicted octanol–water partition coefficient (Wildman–Crippen LogP) is -3.00. The number of carbonyl (C=O) groups excluding carboxylic acids is 2. The van der Waals surface area contributed by atoms with Gasteiger partial charge in [-0.15, -0.1) is 6.42 Å². The quantitative estimate of drug-likeness (QED) is 0.342. The largest absolute Gasteiger partial charge is 0.394 e. The molecular weight excluding hydrogens is 270 g/mol. The van der Waals surface area contributed by atoms with Gasteiger partial charge in [-0.1, -0.05) is 5.92 Å². The number of aliphatic hydroxyl groups excluding tert-OH is 3. The number of Topliss-reactive ketones (excluding diaryl/α,β-unsaturated/α-hetero) is 1. The zero-order valence-electron chi connectivity index (χ0n) is 10.2. The van der Waals surface area contributed by atoms with Crippen molar-refractivity contribution in [3.8, 4) is 12.3 Å². The number of hydrogen-bond acceptors (Lipinski definition) is 7. The molecule has 2 amide bonds. The Labute approximate surface area is 113 Å². The Hall–Kier alpha value is -1.99. The molecule has 108 valence electrons. The van der Waals surface area contributed by atoms with Gasteiger partial charge in [-0.25, -0.2) is 4.79 Å². The molecule has 5 atom stereocenters. The van der Waals surface area contributed by atoms with Crippen LogP contribution >= 0.6 is 0 Å². The molecule has 0 saturated carbocycles. The number of amidine groups is 1. The average molecular weight is 283 g/mol.